The van der Waals surface area contributed by atoms with Gasteiger partial charge < -0.3 is 5.32 Å². The number of nitrogens with one attached hydrogen (secondary N) is 1. The standard InChI is InChI=1S/C14H15F3N4O/c1-3-12-9(8-21(2)20-12)6-19-13(22)10-4-5-18-7-11(10)14(15,16)17/h4-5,7-8H,3,6H2,1-2H3,(H,19,22). The third-order valence-electron chi connectivity index (χ3n) is 3.14. The van der Waals surface area contributed by atoms with E-state index in [1.165, 1.54) is 0 Å². The highest BCUT2D eigenvalue weighted by molar-refractivity contribution is 5.95. The van der Waals surface area contributed by atoms with Gasteiger partial charge in [0.25, 0.3) is 5.91 Å². The van der Waals surface area contributed by atoms with Crippen LogP contribution in [0.5, 0.6) is 0 Å². The number of pyridine rings is 1. The summed E-state index contributed by atoms with van der Waals surface area (Å²) in [7, 11) is 1.75. The summed E-state index contributed by atoms with van der Waals surface area (Å²) >= 11 is 0. The molecule has 118 valence electrons. The van der Waals surface area contributed by atoms with Gasteiger partial charge in [0.15, 0.2) is 0 Å². The maximum absolute atomic E-state index is 12.9. The minimum Gasteiger partial charge on any atom is -0.348 e. The van der Waals surface area contributed by atoms with Crippen molar-refractivity contribution in [1.29, 1.82) is 0 Å². The van der Waals surface area contributed by atoms with Gasteiger partial charge in [0, 0.05) is 37.7 Å². The van der Waals surface area contributed by atoms with E-state index in [1.54, 1.807) is 17.9 Å². The first-order chi connectivity index (χ1) is 10.3. The third-order valence-corrected chi connectivity index (χ3v) is 3.14. The molecule has 2 heterocycles. The van der Waals surface area contributed by atoms with Gasteiger partial charge in [-0.3, -0.25) is 14.5 Å². The zero-order valence-electron chi connectivity index (χ0n) is 12.1. The molecule has 2 rings (SSSR count). The second-order valence-corrected chi connectivity index (χ2v) is 4.73. The second kappa shape index (κ2) is 6.17. The van der Waals surface area contributed by atoms with Gasteiger partial charge >= 0.3 is 6.18 Å². The van der Waals surface area contributed by atoms with Gasteiger partial charge in [-0.05, 0) is 12.5 Å². The Labute approximate surface area is 125 Å². The van der Waals surface area contributed by atoms with Crippen molar-refractivity contribution in [3.05, 3.63) is 47.0 Å². The van der Waals surface area contributed by atoms with E-state index in [0.29, 0.717) is 12.6 Å². The number of rotatable bonds is 4. The highest BCUT2D eigenvalue weighted by Gasteiger charge is 2.35. The number of amides is 1. The lowest BCUT2D eigenvalue weighted by Crippen LogP contribution is -2.26. The molecule has 8 heteroatoms. The molecular weight excluding hydrogens is 297 g/mol. The molecular formula is C14H15F3N4O. The lowest BCUT2D eigenvalue weighted by molar-refractivity contribution is -0.138. The fourth-order valence-electron chi connectivity index (χ4n) is 2.12. The van der Waals surface area contributed by atoms with Crippen LogP contribution in [0.3, 0.4) is 0 Å². The van der Waals surface area contributed by atoms with Gasteiger partial charge in [-0.15, -0.1) is 0 Å². The van der Waals surface area contributed by atoms with Gasteiger partial charge in [-0.25, -0.2) is 0 Å². The van der Waals surface area contributed by atoms with Crippen molar-refractivity contribution in [2.45, 2.75) is 26.1 Å². The highest BCUT2D eigenvalue weighted by Crippen LogP contribution is 2.31. The molecule has 0 aromatic carbocycles. The van der Waals surface area contributed by atoms with Crippen molar-refractivity contribution in [1.82, 2.24) is 20.1 Å². The summed E-state index contributed by atoms with van der Waals surface area (Å²) in [5, 5.41) is 6.71. The van der Waals surface area contributed by atoms with E-state index in [2.05, 4.69) is 15.4 Å². The van der Waals surface area contributed by atoms with Crippen LogP contribution in [0.2, 0.25) is 0 Å². The van der Waals surface area contributed by atoms with Crippen LogP contribution in [0.15, 0.2) is 24.7 Å². The zero-order chi connectivity index (χ0) is 16.3. The van der Waals surface area contributed by atoms with E-state index in [4.69, 9.17) is 0 Å². The largest absolute Gasteiger partial charge is 0.418 e. The monoisotopic (exact) mass is 312 g/mol. The summed E-state index contributed by atoms with van der Waals surface area (Å²) < 4.78 is 40.2. The average Bonchev–Trinajstić information content (AvgIpc) is 2.84. The van der Waals surface area contributed by atoms with Crippen molar-refractivity contribution in [3.63, 3.8) is 0 Å². The molecule has 0 aliphatic carbocycles. The number of nitrogens with zero attached hydrogens (tertiary/aromatic N) is 3. The number of hydrogen-bond donors (Lipinski definition) is 1. The van der Waals surface area contributed by atoms with Crippen LogP contribution in [-0.2, 0) is 26.2 Å². The maximum atomic E-state index is 12.9. The molecule has 0 saturated heterocycles. The molecule has 2 aromatic heterocycles. The molecule has 22 heavy (non-hydrogen) atoms. The first kappa shape index (κ1) is 16.0. The summed E-state index contributed by atoms with van der Waals surface area (Å²) in [6.45, 7) is 2.04. The Hall–Kier alpha value is -2.38. The number of aromatic nitrogens is 3. The van der Waals surface area contributed by atoms with Crippen molar-refractivity contribution in [2.75, 3.05) is 0 Å². The lowest BCUT2D eigenvalue weighted by atomic mass is 10.1. The first-order valence-corrected chi connectivity index (χ1v) is 6.63. The number of halogens is 3. The van der Waals surface area contributed by atoms with Gasteiger partial charge in [-0.1, -0.05) is 6.92 Å². The Bertz CT molecular complexity index is 679. The molecule has 0 saturated carbocycles. The van der Waals surface area contributed by atoms with Gasteiger partial charge in [0.2, 0.25) is 0 Å². The van der Waals surface area contributed by atoms with E-state index in [-0.39, 0.29) is 6.54 Å². The molecule has 5 nitrogen and oxygen atoms in total. The minimum absolute atomic E-state index is 0.121. The highest BCUT2D eigenvalue weighted by atomic mass is 19.4. The smallest absolute Gasteiger partial charge is 0.348 e. The van der Waals surface area contributed by atoms with Gasteiger partial charge in [0.05, 0.1) is 16.8 Å². The fraction of sp³-hybridized carbons (Fsp3) is 0.357. The third kappa shape index (κ3) is 3.44. The van der Waals surface area contributed by atoms with Crippen LogP contribution in [-0.4, -0.2) is 20.7 Å². The SMILES string of the molecule is CCc1nn(C)cc1CNC(=O)c1ccncc1C(F)(F)F. The molecule has 1 N–H and O–H groups in total. The van der Waals surface area contributed by atoms with Crippen molar-refractivity contribution >= 4 is 5.91 Å². The molecule has 0 atom stereocenters. The van der Waals surface area contributed by atoms with E-state index in [0.717, 1.165) is 23.5 Å². The second-order valence-electron chi connectivity index (χ2n) is 4.73. The summed E-state index contributed by atoms with van der Waals surface area (Å²) in [6, 6.07) is 1.06. The number of alkyl halides is 3. The number of carbonyl (C=O) groups is 1. The van der Waals surface area contributed by atoms with Crippen LogP contribution in [0.4, 0.5) is 13.2 Å². The molecule has 0 radical (unpaired) electrons. The Kier molecular flexibility index (Phi) is 4.48. The van der Waals surface area contributed by atoms with Gasteiger partial charge in [-0.2, -0.15) is 18.3 Å². The van der Waals surface area contributed by atoms with E-state index >= 15 is 0 Å². The quantitative estimate of drug-likeness (QED) is 0.942. The lowest BCUT2D eigenvalue weighted by Gasteiger charge is -2.12. The van der Waals surface area contributed by atoms with Crippen molar-refractivity contribution < 1.29 is 18.0 Å². The van der Waals surface area contributed by atoms with Crippen LogP contribution < -0.4 is 5.32 Å². The fourth-order valence-corrected chi connectivity index (χ4v) is 2.12. The summed E-state index contributed by atoms with van der Waals surface area (Å²) in [6.07, 6.45) is -0.405. The Morgan fingerprint density at radius 3 is 2.77 bits per heavy atom. The minimum atomic E-state index is -4.62. The van der Waals surface area contributed by atoms with Crippen molar-refractivity contribution in [2.24, 2.45) is 7.05 Å². The molecule has 0 fully saturated rings. The molecule has 2 aromatic rings. The number of hydrogen-bond acceptors (Lipinski definition) is 3. The average molecular weight is 312 g/mol. The molecule has 0 bridgehead atoms. The Balaban J connectivity index is 2.17. The topological polar surface area (TPSA) is 59.8 Å². The Morgan fingerprint density at radius 1 is 1.41 bits per heavy atom. The predicted molar refractivity (Wildman–Crippen MR) is 73.0 cm³/mol. The molecule has 0 unspecified atom stereocenters. The van der Waals surface area contributed by atoms with Crippen LogP contribution in [0.1, 0.15) is 34.1 Å². The maximum Gasteiger partial charge on any atom is 0.418 e. The first-order valence-electron chi connectivity index (χ1n) is 6.63. The zero-order valence-corrected chi connectivity index (χ0v) is 12.1. The summed E-state index contributed by atoms with van der Waals surface area (Å²) in [5.74, 6) is -0.791. The van der Waals surface area contributed by atoms with Gasteiger partial charge in [0.1, 0.15) is 0 Å². The van der Waals surface area contributed by atoms with Crippen LogP contribution in [0, 0.1) is 0 Å². The normalized spacial score (nSPS) is 11.5. The van der Waals surface area contributed by atoms with E-state index < -0.39 is 23.2 Å². The molecule has 0 aliphatic rings. The number of aryl methyl sites for hydroxylation is 2. The van der Waals surface area contributed by atoms with Crippen LogP contribution in [0.25, 0.3) is 0 Å². The van der Waals surface area contributed by atoms with Crippen molar-refractivity contribution in [3.8, 4) is 0 Å². The summed E-state index contributed by atoms with van der Waals surface area (Å²) in [4.78, 5) is 15.5. The van der Waals surface area contributed by atoms with Crippen LogP contribution >= 0.6 is 0 Å². The molecule has 1 amide bonds. The van der Waals surface area contributed by atoms with E-state index in [1.807, 2.05) is 6.92 Å². The predicted octanol–water partition coefficient (Wildman–Crippen LogP) is 2.33. The molecule has 0 aliphatic heterocycles. The Morgan fingerprint density at radius 2 is 2.14 bits per heavy atom. The number of carbonyl (C=O) groups excluding carboxylic acids is 1. The summed E-state index contributed by atoms with van der Waals surface area (Å²) in [5.41, 5.74) is 0.0911. The molecule has 0 spiro atoms. The van der Waals surface area contributed by atoms with E-state index in [9.17, 15) is 18.0 Å².